The molecular weight excluding hydrogens is 287 g/mol. The second kappa shape index (κ2) is 6.83. The predicted molar refractivity (Wildman–Crippen MR) is 74.8 cm³/mol. The Morgan fingerprint density at radius 3 is 2.50 bits per heavy atom. The van der Waals surface area contributed by atoms with Crippen molar-refractivity contribution in [3.05, 3.63) is 35.4 Å². The average molecular weight is 305 g/mol. The summed E-state index contributed by atoms with van der Waals surface area (Å²) in [6.07, 6.45) is -2.14. The lowest BCUT2D eigenvalue weighted by Crippen LogP contribution is -2.38. The molecule has 1 aromatic carbocycles. The minimum atomic E-state index is -4.32. The second-order valence-electron chi connectivity index (χ2n) is 4.94. The Balaban J connectivity index is 2.03. The molecule has 0 bridgehead atoms. The first-order valence-corrected chi connectivity index (χ1v) is 7.78. The van der Waals surface area contributed by atoms with Crippen molar-refractivity contribution in [2.24, 2.45) is 0 Å². The predicted octanol–water partition coefficient (Wildman–Crippen LogP) is 3.22. The zero-order valence-corrected chi connectivity index (χ0v) is 11.8. The molecule has 2 nitrogen and oxygen atoms in total. The Hall–Kier alpha value is -0.720. The van der Waals surface area contributed by atoms with Crippen LogP contribution in [0, 0.1) is 0 Å². The van der Waals surface area contributed by atoms with Crippen molar-refractivity contribution >= 4 is 11.8 Å². The van der Waals surface area contributed by atoms with Crippen molar-refractivity contribution in [2.45, 2.75) is 31.1 Å². The molecule has 1 aliphatic rings. The van der Waals surface area contributed by atoms with E-state index in [1.165, 1.54) is 12.1 Å². The molecular formula is C14H18F3NOS. The van der Waals surface area contributed by atoms with Gasteiger partial charge in [0.2, 0.25) is 0 Å². The topological polar surface area (TPSA) is 32.3 Å². The minimum absolute atomic E-state index is 0.119. The average Bonchev–Trinajstić information content (AvgIpc) is 2.45. The molecule has 0 unspecified atom stereocenters. The van der Waals surface area contributed by atoms with Gasteiger partial charge in [0.15, 0.2) is 0 Å². The zero-order valence-electron chi connectivity index (χ0n) is 11.0. The van der Waals surface area contributed by atoms with Gasteiger partial charge >= 0.3 is 6.18 Å². The lowest BCUT2D eigenvalue weighted by atomic mass is 10.0. The van der Waals surface area contributed by atoms with E-state index >= 15 is 0 Å². The molecule has 6 heteroatoms. The third kappa shape index (κ3) is 4.14. The van der Waals surface area contributed by atoms with Gasteiger partial charge in [-0.1, -0.05) is 12.1 Å². The van der Waals surface area contributed by atoms with Crippen LogP contribution in [-0.4, -0.2) is 29.3 Å². The standard InChI is InChI=1S/C14H18F3NOS/c15-14(16,17)11-5-3-10(4-6-11)13(8-19)18-12-2-1-7-20-9-12/h3-6,12-13,18-19H,1-2,7-9H2/t12-,13+/m1/s1. The first-order valence-electron chi connectivity index (χ1n) is 6.62. The Morgan fingerprint density at radius 2 is 2.00 bits per heavy atom. The minimum Gasteiger partial charge on any atom is -0.394 e. The van der Waals surface area contributed by atoms with Crippen LogP contribution in [-0.2, 0) is 6.18 Å². The highest BCUT2D eigenvalue weighted by Crippen LogP contribution is 2.30. The molecule has 2 N–H and O–H groups in total. The molecule has 2 atom stereocenters. The fourth-order valence-electron chi connectivity index (χ4n) is 2.32. The molecule has 0 aliphatic carbocycles. The van der Waals surface area contributed by atoms with E-state index in [9.17, 15) is 18.3 Å². The Bertz CT molecular complexity index is 415. The van der Waals surface area contributed by atoms with Gasteiger partial charge in [0, 0.05) is 11.8 Å². The van der Waals surface area contributed by atoms with Crippen LogP contribution < -0.4 is 5.32 Å². The summed E-state index contributed by atoms with van der Waals surface area (Å²) in [6.45, 7) is -0.119. The van der Waals surface area contributed by atoms with Crippen molar-refractivity contribution in [3.8, 4) is 0 Å². The quantitative estimate of drug-likeness (QED) is 0.896. The molecule has 1 aromatic rings. The van der Waals surface area contributed by atoms with E-state index in [0.29, 0.717) is 11.6 Å². The smallest absolute Gasteiger partial charge is 0.394 e. The van der Waals surface area contributed by atoms with Crippen LogP contribution in [0.4, 0.5) is 13.2 Å². The monoisotopic (exact) mass is 305 g/mol. The molecule has 0 spiro atoms. The van der Waals surface area contributed by atoms with Crippen LogP contribution in [0.1, 0.15) is 30.0 Å². The Labute approximate surface area is 120 Å². The number of rotatable bonds is 4. The van der Waals surface area contributed by atoms with Crippen molar-refractivity contribution < 1.29 is 18.3 Å². The molecule has 2 rings (SSSR count). The van der Waals surface area contributed by atoms with Gasteiger partial charge in [-0.3, -0.25) is 0 Å². The molecule has 0 radical (unpaired) electrons. The number of aliphatic hydroxyl groups excluding tert-OH is 1. The van der Waals surface area contributed by atoms with E-state index in [1.54, 1.807) is 0 Å². The van der Waals surface area contributed by atoms with Crippen molar-refractivity contribution in [1.29, 1.82) is 0 Å². The van der Waals surface area contributed by atoms with Crippen LogP contribution >= 0.6 is 11.8 Å². The van der Waals surface area contributed by atoms with Gasteiger partial charge in [-0.15, -0.1) is 0 Å². The summed E-state index contributed by atoms with van der Waals surface area (Å²) in [7, 11) is 0. The highest BCUT2D eigenvalue weighted by atomic mass is 32.2. The maximum Gasteiger partial charge on any atom is 0.416 e. The Morgan fingerprint density at radius 1 is 1.30 bits per heavy atom. The second-order valence-corrected chi connectivity index (χ2v) is 6.09. The van der Waals surface area contributed by atoms with Gasteiger partial charge in [0.05, 0.1) is 18.2 Å². The number of nitrogens with one attached hydrogen (secondary N) is 1. The summed E-state index contributed by atoms with van der Waals surface area (Å²) < 4.78 is 37.5. The highest BCUT2D eigenvalue weighted by Gasteiger charge is 2.30. The molecule has 0 amide bonds. The maximum atomic E-state index is 12.5. The summed E-state index contributed by atoms with van der Waals surface area (Å²) in [5.74, 6) is 2.14. The van der Waals surface area contributed by atoms with E-state index in [-0.39, 0.29) is 12.6 Å². The summed E-state index contributed by atoms with van der Waals surface area (Å²) >= 11 is 1.86. The zero-order chi connectivity index (χ0) is 14.6. The molecule has 0 saturated carbocycles. The number of alkyl halides is 3. The van der Waals surface area contributed by atoms with Gasteiger partial charge in [-0.25, -0.2) is 0 Å². The molecule has 112 valence electrons. The summed E-state index contributed by atoms with van der Waals surface area (Å²) in [4.78, 5) is 0. The fraction of sp³-hybridized carbons (Fsp3) is 0.571. The number of halogens is 3. The van der Waals surface area contributed by atoms with Crippen LogP contribution in [0.5, 0.6) is 0 Å². The molecule has 1 saturated heterocycles. The van der Waals surface area contributed by atoms with Gasteiger partial charge in [0.25, 0.3) is 0 Å². The van der Waals surface area contributed by atoms with Crippen molar-refractivity contribution in [2.75, 3.05) is 18.1 Å². The Kier molecular flexibility index (Phi) is 5.35. The third-order valence-electron chi connectivity index (χ3n) is 3.42. The van der Waals surface area contributed by atoms with E-state index in [4.69, 9.17) is 0 Å². The summed E-state index contributed by atoms with van der Waals surface area (Å²) in [5, 5.41) is 12.8. The third-order valence-corrected chi connectivity index (χ3v) is 4.64. The number of hydrogen-bond acceptors (Lipinski definition) is 3. The largest absolute Gasteiger partial charge is 0.416 e. The van der Waals surface area contributed by atoms with Gasteiger partial charge in [0.1, 0.15) is 0 Å². The molecule has 20 heavy (non-hydrogen) atoms. The van der Waals surface area contributed by atoms with Crippen molar-refractivity contribution in [1.82, 2.24) is 5.32 Å². The van der Waals surface area contributed by atoms with E-state index in [1.807, 2.05) is 11.8 Å². The summed E-state index contributed by atoms with van der Waals surface area (Å²) in [6, 6.07) is 5.01. The maximum absolute atomic E-state index is 12.5. The molecule has 0 aromatic heterocycles. The van der Waals surface area contributed by atoms with Crippen LogP contribution in [0.2, 0.25) is 0 Å². The summed E-state index contributed by atoms with van der Waals surface area (Å²) in [5.41, 5.74) is 0.0298. The van der Waals surface area contributed by atoms with Crippen LogP contribution in [0.3, 0.4) is 0 Å². The molecule has 1 heterocycles. The van der Waals surface area contributed by atoms with Gasteiger partial charge in [-0.05, 0) is 36.3 Å². The first-order chi connectivity index (χ1) is 9.50. The van der Waals surface area contributed by atoms with E-state index in [0.717, 1.165) is 36.5 Å². The SMILES string of the molecule is OC[C@H](N[C@@H]1CCCSC1)c1ccc(C(F)(F)F)cc1. The number of thioether (sulfide) groups is 1. The van der Waals surface area contributed by atoms with Gasteiger partial charge in [-0.2, -0.15) is 24.9 Å². The normalized spacial score (nSPS) is 21.7. The van der Waals surface area contributed by atoms with E-state index < -0.39 is 11.7 Å². The van der Waals surface area contributed by atoms with Crippen LogP contribution in [0.15, 0.2) is 24.3 Å². The van der Waals surface area contributed by atoms with Crippen molar-refractivity contribution in [3.63, 3.8) is 0 Å². The molecule has 1 fully saturated rings. The number of aliphatic hydroxyl groups is 1. The lowest BCUT2D eigenvalue weighted by Gasteiger charge is -2.27. The fourth-order valence-corrected chi connectivity index (χ4v) is 3.40. The number of benzene rings is 1. The van der Waals surface area contributed by atoms with E-state index in [2.05, 4.69) is 5.32 Å². The number of hydrogen-bond donors (Lipinski definition) is 2. The lowest BCUT2D eigenvalue weighted by molar-refractivity contribution is -0.137. The molecule has 1 aliphatic heterocycles. The van der Waals surface area contributed by atoms with Gasteiger partial charge < -0.3 is 10.4 Å². The highest BCUT2D eigenvalue weighted by molar-refractivity contribution is 7.99. The van der Waals surface area contributed by atoms with Crippen LogP contribution in [0.25, 0.3) is 0 Å². The first kappa shape index (κ1) is 15.7.